The van der Waals surface area contributed by atoms with Crippen LogP contribution in [0.15, 0.2) is 42.6 Å². The van der Waals surface area contributed by atoms with Gasteiger partial charge in [0.05, 0.1) is 18.3 Å². The van der Waals surface area contributed by atoms with Crippen molar-refractivity contribution in [3.63, 3.8) is 0 Å². The molecule has 5 nitrogen and oxygen atoms in total. The molecular formula is C18H12F6N4O. The molecule has 3 aromatic rings. The van der Waals surface area contributed by atoms with Gasteiger partial charge in [0.1, 0.15) is 17.5 Å². The predicted octanol–water partition coefficient (Wildman–Crippen LogP) is 3.69. The Morgan fingerprint density at radius 1 is 1.07 bits per heavy atom. The van der Waals surface area contributed by atoms with Crippen LogP contribution < -0.4 is 5.32 Å². The highest BCUT2D eigenvalue weighted by Gasteiger charge is 2.33. The van der Waals surface area contributed by atoms with E-state index in [1.54, 1.807) is 0 Å². The van der Waals surface area contributed by atoms with Crippen molar-refractivity contribution in [2.24, 2.45) is 0 Å². The van der Waals surface area contributed by atoms with E-state index in [0.717, 1.165) is 23.0 Å². The molecule has 0 saturated carbocycles. The molecule has 29 heavy (non-hydrogen) atoms. The Labute approximate surface area is 160 Å². The summed E-state index contributed by atoms with van der Waals surface area (Å²) < 4.78 is 80.6. The fraction of sp³-hybridized carbons (Fsp3) is 0.167. The number of rotatable bonds is 5. The number of carbonyl (C=O) groups is 1. The molecule has 0 saturated heterocycles. The zero-order chi connectivity index (χ0) is 21.2. The Morgan fingerprint density at radius 3 is 2.41 bits per heavy atom. The number of carbonyl (C=O) groups excluding carboxylic acids is 1. The van der Waals surface area contributed by atoms with Crippen LogP contribution in [0.4, 0.5) is 26.3 Å². The highest BCUT2D eigenvalue weighted by molar-refractivity contribution is 5.91. The number of benzene rings is 2. The van der Waals surface area contributed by atoms with Gasteiger partial charge in [0.25, 0.3) is 5.91 Å². The third-order valence-electron chi connectivity index (χ3n) is 3.97. The molecule has 0 atom stereocenters. The Bertz CT molecular complexity index is 1030. The molecule has 0 aliphatic heterocycles. The quantitative estimate of drug-likeness (QED) is 0.648. The van der Waals surface area contributed by atoms with Gasteiger partial charge in [0.2, 0.25) is 0 Å². The summed E-state index contributed by atoms with van der Waals surface area (Å²) in [6.07, 6.45) is -3.64. The first-order valence-electron chi connectivity index (χ1n) is 8.12. The summed E-state index contributed by atoms with van der Waals surface area (Å²) in [5.74, 6) is -3.39. The Kier molecular flexibility index (Phi) is 5.57. The molecule has 3 rings (SSSR count). The molecule has 0 radical (unpaired) electrons. The maximum atomic E-state index is 13.7. The molecule has 11 heteroatoms. The van der Waals surface area contributed by atoms with Gasteiger partial charge in [-0.05, 0) is 35.9 Å². The van der Waals surface area contributed by atoms with Gasteiger partial charge in [-0.3, -0.25) is 4.79 Å². The van der Waals surface area contributed by atoms with Crippen molar-refractivity contribution in [2.75, 3.05) is 0 Å². The van der Waals surface area contributed by atoms with E-state index in [1.807, 2.05) is 0 Å². The largest absolute Gasteiger partial charge is 0.416 e. The molecular weight excluding hydrogens is 402 g/mol. The average molecular weight is 414 g/mol. The molecule has 1 aromatic heterocycles. The number of halogens is 6. The van der Waals surface area contributed by atoms with E-state index in [0.29, 0.717) is 18.2 Å². The number of nitrogens with zero attached hydrogens (tertiary/aromatic N) is 3. The number of alkyl halides is 3. The fourth-order valence-corrected chi connectivity index (χ4v) is 2.58. The van der Waals surface area contributed by atoms with Crippen LogP contribution in [-0.4, -0.2) is 20.9 Å². The van der Waals surface area contributed by atoms with Crippen LogP contribution in [0.1, 0.15) is 27.2 Å². The van der Waals surface area contributed by atoms with Crippen molar-refractivity contribution < 1.29 is 31.1 Å². The topological polar surface area (TPSA) is 59.8 Å². The van der Waals surface area contributed by atoms with Crippen LogP contribution in [0.3, 0.4) is 0 Å². The lowest BCUT2D eigenvalue weighted by Gasteiger charge is -2.13. The van der Waals surface area contributed by atoms with Crippen LogP contribution in [-0.2, 0) is 19.3 Å². The number of aromatic nitrogens is 3. The molecule has 0 fully saturated rings. The van der Waals surface area contributed by atoms with Gasteiger partial charge in [-0.2, -0.15) is 13.2 Å². The van der Waals surface area contributed by atoms with Crippen molar-refractivity contribution >= 4 is 5.91 Å². The lowest BCUT2D eigenvalue weighted by atomic mass is 10.1. The smallest absolute Gasteiger partial charge is 0.346 e. The molecule has 0 aliphatic carbocycles. The first-order valence-corrected chi connectivity index (χ1v) is 8.12. The molecule has 152 valence electrons. The molecule has 0 aliphatic rings. The summed E-state index contributed by atoms with van der Waals surface area (Å²) in [5.41, 5.74) is -2.13. The van der Waals surface area contributed by atoms with Crippen molar-refractivity contribution in [3.05, 3.63) is 82.4 Å². The van der Waals surface area contributed by atoms with Gasteiger partial charge in [0.15, 0.2) is 5.69 Å². The van der Waals surface area contributed by atoms with E-state index >= 15 is 0 Å². The van der Waals surface area contributed by atoms with Gasteiger partial charge >= 0.3 is 6.18 Å². The summed E-state index contributed by atoms with van der Waals surface area (Å²) in [5, 5.41) is 9.29. The summed E-state index contributed by atoms with van der Waals surface area (Å²) >= 11 is 0. The molecule has 1 heterocycles. The van der Waals surface area contributed by atoms with Gasteiger partial charge in [-0.15, -0.1) is 5.10 Å². The number of hydrogen-bond acceptors (Lipinski definition) is 3. The summed E-state index contributed by atoms with van der Waals surface area (Å²) in [4.78, 5) is 12.1. The number of hydrogen-bond donors (Lipinski definition) is 1. The summed E-state index contributed by atoms with van der Waals surface area (Å²) in [7, 11) is 0. The minimum Gasteiger partial charge on any atom is -0.346 e. The Hall–Kier alpha value is -3.37. The normalized spacial score (nSPS) is 11.5. The van der Waals surface area contributed by atoms with Crippen LogP contribution in [0, 0.1) is 17.5 Å². The monoisotopic (exact) mass is 414 g/mol. The van der Waals surface area contributed by atoms with Crippen molar-refractivity contribution in [3.8, 4) is 0 Å². The highest BCUT2D eigenvalue weighted by atomic mass is 19.4. The average Bonchev–Trinajstić information content (AvgIpc) is 3.11. The SMILES string of the molecule is O=C(NCc1cc(F)ccc1C(F)(F)F)c1cn(Cc2c(F)cccc2F)nn1. The van der Waals surface area contributed by atoms with Gasteiger partial charge in [-0.1, -0.05) is 11.3 Å². The molecule has 2 aromatic carbocycles. The lowest BCUT2D eigenvalue weighted by Crippen LogP contribution is -2.25. The van der Waals surface area contributed by atoms with Crippen molar-refractivity contribution in [1.29, 1.82) is 0 Å². The molecule has 0 unspecified atom stereocenters. The second-order valence-electron chi connectivity index (χ2n) is 5.98. The standard InChI is InChI=1S/C18H12F6N4O/c19-11-4-5-13(18(22,23)24)10(6-11)7-25-17(29)16-9-28(27-26-16)8-12-14(20)2-1-3-15(12)21/h1-6,9H,7-8H2,(H,25,29). The van der Waals surface area contributed by atoms with Crippen LogP contribution in [0.2, 0.25) is 0 Å². The minimum absolute atomic E-state index is 0.285. The minimum atomic E-state index is -4.72. The molecule has 0 bridgehead atoms. The zero-order valence-corrected chi connectivity index (χ0v) is 14.5. The van der Waals surface area contributed by atoms with Gasteiger partial charge in [-0.25, -0.2) is 17.9 Å². The van der Waals surface area contributed by atoms with Gasteiger partial charge in [0, 0.05) is 12.1 Å². The lowest BCUT2D eigenvalue weighted by molar-refractivity contribution is -0.138. The zero-order valence-electron chi connectivity index (χ0n) is 14.5. The number of amides is 1. The Balaban J connectivity index is 1.71. The molecule has 1 amide bonds. The van der Waals surface area contributed by atoms with E-state index in [9.17, 15) is 31.1 Å². The van der Waals surface area contributed by atoms with Crippen LogP contribution >= 0.6 is 0 Å². The van der Waals surface area contributed by atoms with E-state index in [1.165, 1.54) is 6.07 Å². The third-order valence-corrected chi connectivity index (χ3v) is 3.97. The highest BCUT2D eigenvalue weighted by Crippen LogP contribution is 2.32. The van der Waals surface area contributed by atoms with Crippen LogP contribution in [0.5, 0.6) is 0 Å². The molecule has 0 spiro atoms. The van der Waals surface area contributed by atoms with E-state index in [2.05, 4.69) is 15.6 Å². The first kappa shape index (κ1) is 20.4. The fourth-order valence-electron chi connectivity index (χ4n) is 2.58. The maximum Gasteiger partial charge on any atom is 0.416 e. The third kappa shape index (κ3) is 4.73. The molecule has 1 N–H and O–H groups in total. The number of nitrogens with one attached hydrogen (secondary N) is 1. The van der Waals surface area contributed by atoms with E-state index in [-0.39, 0.29) is 17.8 Å². The van der Waals surface area contributed by atoms with Crippen molar-refractivity contribution in [2.45, 2.75) is 19.3 Å². The Morgan fingerprint density at radius 2 is 1.76 bits per heavy atom. The second kappa shape index (κ2) is 7.94. The second-order valence-corrected chi connectivity index (χ2v) is 5.98. The van der Waals surface area contributed by atoms with Gasteiger partial charge < -0.3 is 5.32 Å². The van der Waals surface area contributed by atoms with E-state index < -0.39 is 47.2 Å². The van der Waals surface area contributed by atoms with Crippen LogP contribution in [0.25, 0.3) is 0 Å². The predicted molar refractivity (Wildman–Crippen MR) is 88.1 cm³/mol. The summed E-state index contributed by atoms with van der Waals surface area (Å²) in [6.45, 7) is -0.957. The van der Waals surface area contributed by atoms with Crippen molar-refractivity contribution in [1.82, 2.24) is 20.3 Å². The first-order chi connectivity index (χ1) is 13.6. The maximum absolute atomic E-state index is 13.7. The summed E-state index contributed by atoms with van der Waals surface area (Å²) in [6, 6.07) is 5.22. The van der Waals surface area contributed by atoms with E-state index in [4.69, 9.17) is 0 Å².